The minimum absolute atomic E-state index is 0.00921. The fraction of sp³-hybridized carbons (Fsp3) is 0.300. The Labute approximate surface area is 135 Å². The molecule has 0 saturated carbocycles. The van der Waals surface area contributed by atoms with Crippen molar-refractivity contribution < 1.29 is 0 Å². The maximum atomic E-state index is 12.2. The van der Waals surface area contributed by atoms with Crippen LogP contribution in [0.25, 0.3) is 22.3 Å². The molecule has 1 aromatic carbocycles. The van der Waals surface area contributed by atoms with Crippen LogP contribution in [0.5, 0.6) is 0 Å². The van der Waals surface area contributed by atoms with Crippen LogP contribution in [-0.2, 0) is 12.0 Å². The molecular formula is C20H20N2O. The first-order valence-electron chi connectivity index (χ1n) is 8.00. The highest BCUT2D eigenvalue weighted by atomic mass is 16.1. The molecule has 1 aliphatic heterocycles. The van der Waals surface area contributed by atoms with Gasteiger partial charge < -0.3 is 4.57 Å². The Bertz CT molecular complexity index is 1010. The van der Waals surface area contributed by atoms with Gasteiger partial charge in [-0.3, -0.25) is 4.79 Å². The summed E-state index contributed by atoms with van der Waals surface area (Å²) < 4.78 is 1.83. The number of aryl methyl sites for hydroxylation is 1. The summed E-state index contributed by atoms with van der Waals surface area (Å²) in [4.78, 5) is 17.1. The second kappa shape index (κ2) is 4.54. The molecule has 3 nitrogen and oxygen atoms in total. The third-order valence-electron chi connectivity index (χ3n) is 4.60. The first kappa shape index (κ1) is 14.2. The number of aromatic nitrogens is 2. The molecule has 0 aliphatic carbocycles. The van der Waals surface area contributed by atoms with Gasteiger partial charge in [0.25, 0.3) is 5.56 Å². The highest BCUT2D eigenvalue weighted by Gasteiger charge is 2.30. The lowest BCUT2D eigenvalue weighted by Crippen LogP contribution is -2.19. The second-order valence-electron chi connectivity index (χ2n) is 7.42. The van der Waals surface area contributed by atoms with Crippen LogP contribution in [-0.4, -0.2) is 9.55 Å². The van der Waals surface area contributed by atoms with Crippen molar-refractivity contribution in [3.05, 3.63) is 63.4 Å². The van der Waals surface area contributed by atoms with E-state index in [0.29, 0.717) is 6.54 Å². The van der Waals surface area contributed by atoms with E-state index in [0.717, 1.165) is 16.9 Å². The minimum atomic E-state index is -0.00921. The van der Waals surface area contributed by atoms with Gasteiger partial charge in [-0.05, 0) is 36.1 Å². The SMILES string of the molecule is Cc1ccc2nc3c(c(C(C)(C)C)c2c1)Cn1c-3cccc1=O. The smallest absolute Gasteiger partial charge is 0.251 e. The monoisotopic (exact) mass is 304 g/mol. The van der Waals surface area contributed by atoms with Gasteiger partial charge in [-0.25, -0.2) is 4.98 Å². The molecule has 0 bridgehead atoms. The fourth-order valence-electron chi connectivity index (χ4n) is 3.69. The average Bonchev–Trinajstić information content (AvgIpc) is 2.83. The summed E-state index contributed by atoms with van der Waals surface area (Å²) in [5.41, 5.74) is 6.67. The van der Waals surface area contributed by atoms with Crippen molar-refractivity contribution in [1.29, 1.82) is 0 Å². The average molecular weight is 304 g/mol. The molecule has 3 heteroatoms. The summed E-state index contributed by atoms with van der Waals surface area (Å²) in [5.74, 6) is 0. The van der Waals surface area contributed by atoms with Crippen LogP contribution in [0.3, 0.4) is 0 Å². The predicted molar refractivity (Wildman–Crippen MR) is 94.0 cm³/mol. The fourth-order valence-corrected chi connectivity index (χ4v) is 3.69. The van der Waals surface area contributed by atoms with Gasteiger partial charge in [0.1, 0.15) is 0 Å². The molecule has 0 unspecified atom stereocenters. The van der Waals surface area contributed by atoms with Crippen molar-refractivity contribution in [1.82, 2.24) is 9.55 Å². The number of nitrogens with zero attached hydrogens (tertiary/aromatic N) is 2. The summed E-state index contributed by atoms with van der Waals surface area (Å²) in [7, 11) is 0. The van der Waals surface area contributed by atoms with Gasteiger partial charge >= 0.3 is 0 Å². The van der Waals surface area contributed by atoms with E-state index in [1.807, 2.05) is 16.7 Å². The summed E-state index contributed by atoms with van der Waals surface area (Å²) in [6, 6.07) is 11.8. The Morgan fingerprint density at radius 3 is 2.65 bits per heavy atom. The highest BCUT2D eigenvalue weighted by molar-refractivity contribution is 5.89. The number of rotatable bonds is 0. The number of hydrogen-bond donors (Lipinski definition) is 0. The quantitative estimate of drug-likeness (QED) is 0.491. The van der Waals surface area contributed by atoms with E-state index in [2.05, 4.69) is 45.9 Å². The lowest BCUT2D eigenvalue weighted by Gasteiger charge is -2.24. The Morgan fingerprint density at radius 2 is 1.91 bits per heavy atom. The van der Waals surface area contributed by atoms with Crippen LogP contribution in [0.4, 0.5) is 0 Å². The van der Waals surface area contributed by atoms with Crippen molar-refractivity contribution in [3.63, 3.8) is 0 Å². The zero-order chi connectivity index (χ0) is 16.4. The Hall–Kier alpha value is -2.42. The Kier molecular flexibility index (Phi) is 2.80. The minimum Gasteiger partial charge on any atom is -0.302 e. The van der Waals surface area contributed by atoms with E-state index >= 15 is 0 Å². The van der Waals surface area contributed by atoms with E-state index in [4.69, 9.17) is 4.98 Å². The third kappa shape index (κ3) is 2.03. The second-order valence-corrected chi connectivity index (χ2v) is 7.42. The van der Waals surface area contributed by atoms with E-state index in [1.165, 1.54) is 22.1 Å². The number of pyridine rings is 2. The van der Waals surface area contributed by atoms with Crippen molar-refractivity contribution in [3.8, 4) is 11.4 Å². The molecule has 116 valence electrons. The normalized spacial score (nSPS) is 13.2. The summed E-state index contributed by atoms with van der Waals surface area (Å²) in [6.45, 7) is 9.43. The van der Waals surface area contributed by atoms with Gasteiger partial charge in [0, 0.05) is 17.0 Å². The van der Waals surface area contributed by atoms with Crippen LogP contribution in [0.2, 0.25) is 0 Å². The van der Waals surface area contributed by atoms with Crippen LogP contribution in [0, 0.1) is 6.92 Å². The summed E-state index contributed by atoms with van der Waals surface area (Å²) in [6.07, 6.45) is 0. The first-order valence-corrected chi connectivity index (χ1v) is 8.00. The van der Waals surface area contributed by atoms with Crippen molar-refractivity contribution >= 4 is 10.9 Å². The highest BCUT2D eigenvalue weighted by Crippen LogP contribution is 2.40. The molecule has 0 radical (unpaired) electrons. The van der Waals surface area contributed by atoms with Gasteiger partial charge in [-0.1, -0.05) is 38.5 Å². The standard InChI is InChI=1S/C20H20N2O/c1-12-8-9-15-13(10-12)18(20(2,3)4)14-11-22-16(19(14)21-15)6-5-7-17(22)23/h5-10H,11H2,1-4H3. The number of benzene rings is 1. The molecule has 2 aromatic heterocycles. The van der Waals surface area contributed by atoms with Crippen molar-refractivity contribution in [2.45, 2.75) is 39.7 Å². The number of hydrogen-bond acceptors (Lipinski definition) is 2. The van der Waals surface area contributed by atoms with Crippen LogP contribution < -0.4 is 5.56 Å². The van der Waals surface area contributed by atoms with Crippen LogP contribution in [0.1, 0.15) is 37.5 Å². The van der Waals surface area contributed by atoms with E-state index in [9.17, 15) is 4.79 Å². The maximum absolute atomic E-state index is 12.2. The Morgan fingerprint density at radius 1 is 1.13 bits per heavy atom. The maximum Gasteiger partial charge on any atom is 0.251 e. The molecule has 3 heterocycles. The molecule has 23 heavy (non-hydrogen) atoms. The molecule has 0 atom stereocenters. The van der Waals surface area contributed by atoms with Gasteiger partial charge in [0.2, 0.25) is 0 Å². The molecule has 0 saturated heterocycles. The molecule has 0 spiro atoms. The van der Waals surface area contributed by atoms with Crippen molar-refractivity contribution in [2.75, 3.05) is 0 Å². The van der Waals surface area contributed by atoms with Gasteiger partial charge in [0.15, 0.2) is 0 Å². The molecule has 3 aromatic rings. The molecule has 1 aliphatic rings. The zero-order valence-electron chi connectivity index (χ0n) is 14.0. The molecular weight excluding hydrogens is 284 g/mol. The van der Waals surface area contributed by atoms with Gasteiger partial charge in [-0.15, -0.1) is 0 Å². The van der Waals surface area contributed by atoms with E-state index < -0.39 is 0 Å². The van der Waals surface area contributed by atoms with Crippen molar-refractivity contribution in [2.24, 2.45) is 0 Å². The van der Waals surface area contributed by atoms with Gasteiger partial charge in [0.05, 0.1) is 23.4 Å². The Balaban J connectivity index is 2.17. The largest absolute Gasteiger partial charge is 0.302 e. The molecule has 0 N–H and O–H groups in total. The molecule has 4 rings (SSSR count). The molecule has 0 fully saturated rings. The van der Waals surface area contributed by atoms with E-state index in [1.54, 1.807) is 6.07 Å². The first-order chi connectivity index (χ1) is 10.9. The summed E-state index contributed by atoms with van der Waals surface area (Å²) in [5, 5.41) is 1.21. The number of fused-ring (bicyclic) bond motifs is 4. The third-order valence-corrected chi connectivity index (χ3v) is 4.60. The summed E-state index contributed by atoms with van der Waals surface area (Å²) >= 11 is 0. The van der Waals surface area contributed by atoms with E-state index in [-0.39, 0.29) is 11.0 Å². The lowest BCUT2D eigenvalue weighted by atomic mass is 9.81. The molecule has 0 amide bonds. The van der Waals surface area contributed by atoms with Gasteiger partial charge in [-0.2, -0.15) is 0 Å². The topological polar surface area (TPSA) is 34.9 Å². The zero-order valence-corrected chi connectivity index (χ0v) is 14.0. The van der Waals surface area contributed by atoms with Crippen LogP contribution in [0.15, 0.2) is 41.2 Å². The lowest BCUT2D eigenvalue weighted by molar-refractivity contribution is 0.586. The predicted octanol–water partition coefficient (Wildman–Crippen LogP) is 4.03. The van der Waals surface area contributed by atoms with Crippen LogP contribution >= 0.6 is 0 Å².